The summed E-state index contributed by atoms with van der Waals surface area (Å²) in [7, 11) is 1.49. The van der Waals surface area contributed by atoms with Crippen LogP contribution >= 0.6 is 11.6 Å². The van der Waals surface area contributed by atoms with Gasteiger partial charge in [0.15, 0.2) is 0 Å². The van der Waals surface area contributed by atoms with Crippen molar-refractivity contribution < 1.29 is 9.53 Å². The van der Waals surface area contributed by atoms with Crippen molar-refractivity contribution >= 4 is 23.3 Å². The summed E-state index contributed by atoms with van der Waals surface area (Å²) >= 11 is 5.87. The van der Waals surface area contributed by atoms with Crippen LogP contribution in [0.4, 0.5) is 10.5 Å². The number of halogens is 1. The number of hydrogen-bond acceptors (Lipinski definition) is 5. The summed E-state index contributed by atoms with van der Waals surface area (Å²) in [4.78, 5) is 20.2. The van der Waals surface area contributed by atoms with E-state index in [0.29, 0.717) is 18.1 Å². The lowest BCUT2D eigenvalue weighted by Gasteiger charge is -2.23. The van der Waals surface area contributed by atoms with E-state index >= 15 is 0 Å². The summed E-state index contributed by atoms with van der Waals surface area (Å²) in [5, 5.41) is 10.0. The average molecular weight is 323 g/mol. The molecule has 2 aromatic heterocycles. The smallest absolute Gasteiger partial charge is 0.319 e. The molecule has 1 aliphatic rings. The molecule has 0 saturated carbocycles. The number of aromatic nitrogens is 4. The van der Waals surface area contributed by atoms with Crippen LogP contribution in [0.2, 0.25) is 5.15 Å². The highest BCUT2D eigenvalue weighted by Gasteiger charge is 2.21. The molecule has 0 aromatic carbocycles. The number of carbonyl (C=O) groups excluding carboxylic acids is 1. The van der Waals surface area contributed by atoms with Crippen molar-refractivity contribution in [1.29, 1.82) is 0 Å². The van der Waals surface area contributed by atoms with E-state index in [0.717, 1.165) is 18.7 Å². The van der Waals surface area contributed by atoms with E-state index in [1.807, 2.05) is 0 Å². The fourth-order valence-electron chi connectivity index (χ4n) is 2.36. The average Bonchev–Trinajstić information content (AvgIpc) is 2.93. The molecule has 116 valence electrons. The molecular weight excluding hydrogens is 308 g/mol. The van der Waals surface area contributed by atoms with Gasteiger partial charge in [-0.15, -0.1) is 0 Å². The molecule has 2 aromatic rings. The number of amides is 2. The molecular formula is C13H15ClN6O2. The minimum absolute atomic E-state index is 0.00778. The highest BCUT2D eigenvalue weighted by Crippen LogP contribution is 2.20. The first kappa shape index (κ1) is 14.6. The second kappa shape index (κ2) is 6.18. The largest absolute Gasteiger partial charge is 0.481 e. The van der Waals surface area contributed by atoms with Gasteiger partial charge in [0.1, 0.15) is 17.3 Å². The molecule has 1 aliphatic heterocycles. The van der Waals surface area contributed by atoms with Crippen molar-refractivity contribution in [2.24, 2.45) is 0 Å². The Bertz CT molecular complexity index is 689. The van der Waals surface area contributed by atoms with Crippen LogP contribution in [0.5, 0.6) is 5.88 Å². The van der Waals surface area contributed by atoms with E-state index in [2.05, 4.69) is 25.7 Å². The number of hydrogen-bond donors (Lipinski definition) is 2. The molecule has 0 bridgehead atoms. The minimum Gasteiger partial charge on any atom is -0.481 e. The number of anilines is 1. The van der Waals surface area contributed by atoms with Crippen LogP contribution in [0.25, 0.3) is 0 Å². The van der Waals surface area contributed by atoms with E-state index in [9.17, 15) is 4.79 Å². The topological polar surface area (TPSA) is 94.0 Å². The summed E-state index contributed by atoms with van der Waals surface area (Å²) < 4.78 is 6.82. The van der Waals surface area contributed by atoms with Gasteiger partial charge in [-0.25, -0.2) is 19.4 Å². The number of nitrogens with one attached hydrogen (secondary N) is 2. The van der Waals surface area contributed by atoms with Crippen LogP contribution in [0, 0.1) is 0 Å². The molecule has 0 fully saturated rings. The van der Waals surface area contributed by atoms with Gasteiger partial charge in [0.25, 0.3) is 0 Å². The van der Waals surface area contributed by atoms with Crippen molar-refractivity contribution in [2.45, 2.75) is 25.4 Å². The maximum absolute atomic E-state index is 12.1. The van der Waals surface area contributed by atoms with Gasteiger partial charge in [0, 0.05) is 12.5 Å². The summed E-state index contributed by atoms with van der Waals surface area (Å²) in [6, 6.07) is 2.85. The van der Waals surface area contributed by atoms with Gasteiger partial charge in [-0.05, 0) is 12.5 Å². The number of ether oxygens (including phenoxy) is 1. The lowest BCUT2D eigenvalue weighted by Crippen LogP contribution is -2.43. The normalized spacial score (nSPS) is 16.7. The predicted molar refractivity (Wildman–Crippen MR) is 80.1 cm³/mol. The predicted octanol–water partition coefficient (Wildman–Crippen LogP) is 1.47. The molecule has 0 spiro atoms. The maximum atomic E-state index is 12.1. The van der Waals surface area contributed by atoms with Crippen LogP contribution in [0.3, 0.4) is 0 Å². The van der Waals surface area contributed by atoms with Crippen molar-refractivity contribution in [3.8, 4) is 5.88 Å². The Balaban J connectivity index is 1.60. The van der Waals surface area contributed by atoms with Crippen molar-refractivity contribution in [3.63, 3.8) is 0 Å². The van der Waals surface area contributed by atoms with Gasteiger partial charge in [0.2, 0.25) is 5.88 Å². The fourth-order valence-corrected chi connectivity index (χ4v) is 2.56. The Kier molecular flexibility index (Phi) is 4.10. The van der Waals surface area contributed by atoms with Gasteiger partial charge < -0.3 is 15.4 Å². The van der Waals surface area contributed by atoms with Gasteiger partial charge >= 0.3 is 6.03 Å². The van der Waals surface area contributed by atoms with Crippen LogP contribution in [0.15, 0.2) is 18.5 Å². The van der Waals surface area contributed by atoms with Crippen LogP contribution < -0.4 is 15.4 Å². The Hall–Kier alpha value is -2.35. The molecule has 1 atom stereocenters. The number of rotatable bonds is 3. The first-order valence-corrected chi connectivity index (χ1v) is 7.17. The third kappa shape index (κ3) is 3.28. The molecule has 8 nitrogen and oxygen atoms in total. The first-order chi connectivity index (χ1) is 10.6. The van der Waals surface area contributed by atoms with E-state index in [1.165, 1.54) is 13.4 Å². The Morgan fingerprint density at radius 1 is 1.50 bits per heavy atom. The molecule has 3 heterocycles. The minimum atomic E-state index is -0.308. The van der Waals surface area contributed by atoms with E-state index in [-0.39, 0.29) is 17.2 Å². The monoisotopic (exact) mass is 322 g/mol. The Labute approximate surface area is 131 Å². The second-order valence-electron chi connectivity index (χ2n) is 4.91. The van der Waals surface area contributed by atoms with Crippen molar-refractivity contribution in [3.05, 3.63) is 29.4 Å². The summed E-state index contributed by atoms with van der Waals surface area (Å²) in [6.07, 6.45) is 3.15. The van der Waals surface area contributed by atoms with Crippen LogP contribution in [0.1, 0.15) is 12.2 Å². The zero-order chi connectivity index (χ0) is 15.5. The molecule has 0 saturated heterocycles. The lowest BCUT2D eigenvalue weighted by atomic mass is 10.1. The molecule has 2 N–H and O–H groups in total. The van der Waals surface area contributed by atoms with Crippen LogP contribution in [-0.4, -0.2) is 38.9 Å². The zero-order valence-electron chi connectivity index (χ0n) is 11.9. The second-order valence-corrected chi connectivity index (χ2v) is 5.30. The standard InChI is InChI=1S/C13H15ClN6O2/c1-22-12-5-9(4-10(14)19-12)18-13(21)17-8-2-3-11-15-7-16-20(11)6-8/h4-5,7-8H,2-3,6H2,1H3,(H2,17,18,19,21). The van der Waals surface area contributed by atoms with Gasteiger partial charge in [-0.2, -0.15) is 5.10 Å². The number of aryl methyl sites for hydroxylation is 1. The fraction of sp³-hybridized carbons (Fsp3) is 0.385. The molecule has 9 heteroatoms. The van der Waals surface area contributed by atoms with E-state index in [4.69, 9.17) is 16.3 Å². The summed E-state index contributed by atoms with van der Waals surface area (Å²) in [5.74, 6) is 1.29. The van der Waals surface area contributed by atoms with Gasteiger partial charge in [-0.3, -0.25) is 0 Å². The quantitative estimate of drug-likeness (QED) is 0.835. The number of methoxy groups -OCH3 is 1. The number of fused-ring (bicyclic) bond motifs is 1. The molecule has 2 amide bonds. The molecule has 1 unspecified atom stereocenters. The SMILES string of the molecule is COc1cc(NC(=O)NC2CCc3ncnn3C2)cc(Cl)n1. The number of pyridine rings is 1. The summed E-state index contributed by atoms with van der Waals surface area (Å²) in [5.41, 5.74) is 0.520. The molecule has 0 radical (unpaired) electrons. The number of urea groups is 1. The maximum Gasteiger partial charge on any atom is 0.319 e. The van der Waals surface area contributed by atoms with Crippen LogP contribution in [-0.2, 0) is 13.0 Å². The zero-order valence-corrected chi connectivity index (χ0v) is 12.7. The van der Waals surface area contributed by atoms with Gasteiger partial charge in [-0.1, -0.05) is 11.6 Å². The highest BCUT2D eigenvalue weighted by molar-refractivity contribution is 6.29. The van der Waals surface area contributed by atoms with Crippen molar-refractivity contribution in [2.75, 3.05) is 12.4 Å². The number of nitrogens with zero attached hydrogens (tertiary/aromatic N) is 4. The third-order valence-electron chi connectivity index (χ3n) is 3.38. The molecule has 3 rings (SSSR count). The Morgan fingerprint density at radius 2 is 2.36 bits per heavy atom. The molecule has 0 aliphatic carbocycles. The number of carbonyl (C=O) groups is 1. The lowest BCUT2D eigenvalue weighted by molar-refractivity contribution is 0.243. The highest BCUT2D eigenvalue weighted by atomic mass is 35.5. The van der Waals surface area contributed by atoms with Crippen molar-refractivity contribution in [1.82, 2.24) is 25.1 Å². The van der Waals surface area contributed by atoms with Gasteiger partial charge in [0.05, 0.1) is 25.4 Å². The third-order valence-corrected chi connectivity index (χ3v) is 3.57. The summed E-state index contributed by atoms with van der Waals surface area (Å²) in [6.45, 7) is 0.614. The molecule has 22 heavy (non-hydrogen) atoms. The first-order valence-electron chi connectivity index (χ1n) is 6.80. The van der Waals surface area contributed by atoms with E-state index < -0.39 is 0 Å². The van der Waals surface area contributed by atoms with E-state index in [1.54, 1.807) is 16.8 Å². The Morgan fingerprint density at radius 3 is 3.18 bits per heavy atom.